The number of hydrogen-bond donors (Lipinski definition) is 0. The van der Waals surface area contributed by atoms with Crippen molar-refractivity contribution in [2.24, 2.45) is 0 Å². The molecule has 2 rings (SSSR count). The number of anilines is 1. The second kappa shape index (κ2) is 4.01. The van der Waals surface area contributed by atoms with E-state index < -0.39 is 0 Å². The van der Waals surface area contributed by atoms with Crippen molar-refractivity contribution in [3.63, 3.8) is 0 Å². The Balaban J connectivity index is 2.12. The highest BCUT2D eigenvalue weighted by molar-refractivity contribution is 6.30. The summed E-state index contributed by atoms with van der Waals surface area (Å²) in [5.41, 5.74) is 1.12. The Hall–Kier alpha value is -1.02. The first kappa shape index (κ1) is 9.53. The van der Waals surface area contributed by atoms with Gasteiger partial charge in [0.25, 0.3) is 0 Å². The van der Waals surface area contributed by atoms with E-state index in [9.17, 15) is 4.79 Å². The van der Waals surface area contributed by atoms with E-state index in [-0.39, 0.29) is 0 Å². The highest BCUT2D eigenvalue weighted by Crippen LogP contribution is 2.21. The molecular formula is C11H12ClNO. The molecule has 1 fully saturated rings. The summed E-state index contributed by atoms with van der Waals surface area (Å²) >= 11 is 5.90. The highest BCUT2D eigenvalue weighted by atomic mass is 35.5. The summed E-state index contributed by atoms with van der Waals surface area (Å²) in [4.78, 5) is 13.3. The van der Waals surface area contributed by atoms with Gasteiger partial charge in [-0.1, -0.05) is 17.7 Å². The normalized spacial score (nSPS) is 17.2. The molecule has 0 aliphatic carbocycles. The number of piperidine rings is 1. The van der Waals surface area contributed by atoms with Crippen molar-refractivity contribution in [3.8, 4) is 0 Å². The van der Waals surface area contributed by atoms with E-state index in [1.54, 1.807) is 0 Å². The van der Waals surface area contributed by atoms with Crippen LogP contribution in [-0.4, -0.2) is 18.9 Å². The van der Waals surface area contributed by atoms with E-state index in [4.69, 9.17) is 11.6 Å². The third-order valence-electron chi connectivity index (χ3n) is 2.49. The van der Waals surface area contributed by atoms with Gasteiger partial charge in [0.05, 0.1) is 0 Å². The quantitative estimate of drug-likeness (QED) is 0.709. The van der Waals surface area contributed by atoms with Crippen molar-refractivity contribution >= 4 is 23.1 Å². The summed E-state index contributed by atoms with van der Waals surface area (Å²) in [5, 5.41) is 0.749. The molecule has 0 unspecified atom stereocenters. The van der Waals surface area contributed by atoms with E-state index in [0.29, 0.717) is 18.6 Å². The van der Waals surface area contributed by atoms with E-state index >= 15 is 0 Å². The van der Waals surface area contributed by atoms with Gasteiger partial charge in [0, 0.05) is 36.6 Å². The second-order valence-electron chi connectivity index (χ2n) is 3.51. The fourth-order valence-corrected chi connectivity index (χ4v) is 1.87. The van der Waals surface area contributed by atoms with Crippen molar-refractivity contribution in [1.82, 2.24) is 0 Å². The fourth-order valence-electron chi connectivity index (χ4n) is 1.69. The molecule has 0 spiro atoms. The maximum Gasteiger partial charge on any atom is 0.136 e. The zero-order chi connectivity index (χ0) is 9.97. The molecule has 3 heteroatoms. The summed E-state index contributed by atoms with van der Waals surface area (Å²) in [5.74, 6) is 0.364. The van der Waals surface area contributed by atoms with Gasteiger partial charge in [0.1, 0.15) is 5.78 Å². The molecule has 1 aromatic rings. The van der Waals surface area contributed by atoms with Crippen molar-refractivity contribution in [3.05, 3.63) is 29.3 Å². The smallest absolute Gasteiger partial charge is 0.136 e. The molecule has 1 aliphatic heterocycles. The van der Waals surface area contributed by atoms with Gasteiger partial charge in [-0.05, 0) is 18.2 Å². The maximum absolute atomic E-state index is 11.1. The molecular weight excluding hydrogens is 198 g/mol. The first-order valence-electron chi connectivity index (χ1n) is 4.78. The lowest BCUT2D eigenvalue weighted by Crippen LogP contribution is -2.33. The van der Waals surface area contributed by atoms with Crippen LogP contribution in [0.5, 0.6) is 0 Å². The number of carbonyl (C=O) groups excluding carboxylic acids is 1. The maximum atomic E-state index is 11.1. The van der Waals surface area contributed by atoms with Crippen LogP contribution in [0.1, 0.15) is 12.8 Å². The monoisotopic (exact) mass is 209 g/mol. The number of hydrogen-bond acceptors (Lipinski definition) is 2. The molecule has 0 radical (unpaired) electrons. The van der Waals surface area contributed by atoms with Crippen molar-refractivity contribution in [1.29, 1.82) is 0 Å². The van der Waals surface area contributed by atoms with E-state index in [1.165, 1.54) is 0 Å². The van der Waals surface area contributed by atoms with Crippen LogP contribution < -0.4 is 4.90 Å². The van der Waals surface area contributed by atoms with Crippen molar-refractivity contribution in [2.45, 2.75) is 12.8 Å². The number of Topliss-reactive ketones (excluding diaryl/α,β-unsaturated/α-hetero) is 1. The summed E-state index contributed by atoms with van der Waals surface area (Å²) < 4.78 is 0. The summed E-state index contributed by atoms with van der Waals surface area (Å²) in [6, 6.07) is 7.77. The number of ketones is 1. The molecule has 0 bridgehead atoms. The van der Waals surface area contributed by atoms with Gasteiger partial charge in [-0.3, -0.25) is 4.79 Å². The Labute approximate surface area is 88.5 Å². The molecule has 0 aromatic heterocycles. The van der Waals surface area contributed by atoms with Crippen LogP contribution in [0.15, 0.2) is 24.3 Å². The molecule has 1 aliphatic rings. The van der Waals surface area contributed by atoms with E-state index in [1.807, 2.05) is 24.3 Å². The average Bonchev–Trinajstić information content (AvgIpc) is 2.19. The summed E-state index contributed by atoms with van der Waals surface area (Å²) in [6.07, 6.45) is 1.32. The van der Waals surface area contributed by atoms with Crippen molar-refractivity contribution in [2.75, 3.05) is 18.0 Å². The van der Waals surface area contributed by atoms with Crippen molar-refractivity contribution < 1.29 is 4.79 Å². The molecule has 1 aromatic carbocycles. The van der Waals surface area contributed by atoms with Gasteiger partial charge < -0.3 is 4.90 Å². The molecule has 0 saturated carbocycles. The molecule has 0 N–H and O–H groups in total. The Bertz CT molecular complexity index is 341. The predicted molar refractivity (Wildman–Crippen MR) is 57.9 cm³/mol. The first-order valence-corrected chi connectivity index (χ1v) is 5.16. The first-order chi connectivity index (χ1) is 6.75. The summed E-state index contributed by atoms with van der Waals surface area (Å²) in [6.45, 7) is 1.64. The second-order valence-corrected chi connectivity index (χ2v) is 3.94. The van der Waals surface area contributed by atoms with Crippen LogP contribution in [0.2, 0.25) is 5.02 Å². The van der Waals surface area contributed by atoms with Gasteiger partial charge in [0.2, 0.25) is 0 Å². The highest BCUT2D eigenvalue weighted by Gasteiger charge is 2.16. The number of benzene rings is 1. The van der Waals surface area contributed by atoms with Gasteiger partial charge in [-0.25, -0.2) is 0 Å². The fraction of sp³-hybridized carbons (Fsp3) is 0.364. The summed E-state index contributed by atoms with van der Waals surface area (Å²) in [7, 11) is 0. The SMILES string of the molecule is O=C1CCN(c2cccc(Cl)c2)CC1. The van der Waals surface area contributed by atoms with Gasteiger partial charge >= 0.3 is 0 Å². The Kier molecular flexibility index (Phi) is 2.73. The predicted octanol–water partition coefficient (Wildman–Crippen LogP) is 2.51. The van der Waals surface area contributed by atoms with Crippen LogP contribution in [-0.2, 0) is 4.79 Å². The third kappa shape index (κ3) is 2.07. The Morgan fingerprint density at radius 3 is 2.57 bits per heavy atom. The van der Waals surface area contributed by atoms with Crippen LogP contribution in [0.3, 0.4) is 0 Å². The standard InChI is InChI=1S/C11H12ClNO/c12-9-2-1-3-10(8-9)13-6-4-11(14)5-7-13/h1-3,8H,4-7H2. The van der Waals surface area contributed by atoms with Crippen LogP contribution in [0.25, 0.3) is 0 Å². The minimum absolute atomic E-state index is 0.364. The molecule has 74 valence electrons. The van der Waals surface area contributed by atoms with E-state index in [2.05, 4.69) is 4.90 Å². The molecule has 1 heterocycles. The topological polar surface area (TPSA) is 20.3 Å². The molecule has 0 amide bonds. The molecule has 0 atom stereocenters. The Morgan fingerprint density at radius 1 is 1.21 bits per heavy atom. The average molecular weight is 210 g/mol. The molecule has 1 saturated heterocycles. The molecule has 14 heavy (non-hydrogen) atoms. The van der Waals surface area contributed by atoms with Crippen LogP contribution in [0, 0.1) is 0 Å². The number of nitrogens with zero attached hydrogens (tertiary/aromatic N) is 1. The van der Waals surface area contributed by atoms with Gasteiger partial charge in [0.15, 0.2) is 0 Å². The minimum Gasteiger partial charge on any atom is -0.371 e. The largest absolute Gasteiger partial charge is 0.371 e. The molecule has 2 nitrogen and oxygen atoms in total. The van der Waals surface area contributed by atoms with Gasteiger partial charge in [-0.2, -0.15) is 0 Å². The van der Waals surface area contributed by atoms with E-state index in [0.717, 1.165) is 23.8 Å². The zero-order valence-corrected chi connectivity index (χ0v) is 8.63. The van der Waals surface area contributed by atoms with Crippen LogP contribution in [0.4, 0.5) is 5.69 Å². The number of rotatable bonds is 1. The third-order valence-corrected chi connectivity index (χ3v) is 2.73. The van der Waals surface area contributed by atoms with Gasteiger partial charge in [-0.15, -0.1) is 0 Å². The number of carbonyl (C=O) groups is 1. The lowest BCUT2D eigenvalue weighted by atomic mass is 10.1. The Morgan fingerprint density at radius 2 is 1.93 bits per heavy atom. The minimum atomic E-state index is 0.364. The number of halogens is 1. The lowest BCUT2D eigenvalue weighted by molar-refractivity contribution is -0.119. The van der Waals surface area contributed by atoms with Crippen LogP contribution >= 0.6 is 11.6 Å². The zero-order valence-electron chi connectivity index (χ0n) is 7.87. The lowest BCUT2D eigenvalue weighted by Gasteiger charge is -2.28.